The van der Waals surface area contributed by atoms with Gasteiger partial charge in [0.1, 0.15) is 0 Å². The van der Waals surface area contributed by atoms with E-state index in [2.05, 4.69) is 0 Å². The molecule has 0 saturated heterocycles. The van der Waals surface area contributed by atoms with Gasteiger partial charge in [0.15, 0.2) is 0 Å². The van der Waals surface area contributed by atoms with Crippen molar-refractivity contribution in [1.29, 1.82) is 0 Å². The predicted octanol–water partition coefficient (Wildman–Crippen LogP) is 1.15. The summed E-state index contributed by atoms with van der Waals surface area (Å²) in [6, 6.07) is 0. The molecule has 0 aliphatic carbocycles. The quantitative estimate of drug-likeness (QED) is 0.659. The highest BCUT2D eigenvalue weighted by atomic mass is 16.5. The summed E-state index contributed by atoms with van der Waals surface area (Å²) in [5.74, 6) is 0. The molecule has 1 atom stereocenters. The van der Waals surface area contributed by atoms with E-state index in [1.165, 1.54) is 0 Å². The molecule has 0 saturated carbocycles. The number of rotatable bonds is 6. The molecule has 13 heavy (non-hydrogen) atoms. The lowest BCUT2D eigenvalue weighted by atomic mass is 9.83. The fourth-order valence-electron chi connectivity index (χ4n) is 0.951. The van der Waals surface area contributed by atoms with Gasteiger partial charge in [-0.05, 0) is 33.2 Å². The van der Waals surface area contributed by atoms with E-state index in [9.17, 15) is 0 Å². The summed E-state index contributed by atoms with van der Waals surface area (Å²) in [6.45, 7) is 6.74. The minimum Gasteiger partial charge on any atom is -0.396 e. The summed E-state index contributed by atoms with van der Waals surface area (Å²) in [7, 11) is 1.71. The van der Waals surface area contributed by atoms with Crippen molar-refractivity contribution in [2.45, 2.75) is 39.2 Å². The number of methoxy groups -OCH3 is 1. The molecular formula is C10H23NO2. The summed E-state index contributed by atoms with van der Waals surface area (Å²) in [5, 5.41) is 9.13. The Morgan fingerprint density at radius 3 is 2.08 bits per heavy atom. The lowest BCUT2D eigenvalue weighted by Crippen LogP contribution is -2.34. The molecule has 0 fully saturated rings. The largest absolute Gasteiger partial charge is 0.396 e. The maximum absolute atomic E-state index is 9.13. The molecule has 0 aliphatic rings. The summed E-state index contributed by atoms with van der Waals surface area (Å²) in [5.41, 5.74) is 5.31. The summed E-state index contributed by atoms with van der Waals surface area (Å²) in [6.07, 6.45) is 1.80. The Labute approximate surface area is 81.3 Å². The molecule has 0 rings (SSSR count). The molecule has 0 heterocycles. The van der Waals surface area contributed by atoms with Gasteiger partial charge in [0.25, 0.3) is 0 Å². The second-order valence-electron chi connectivity index (χ2n) is 4.64. The van der Waals surface area contributed by atoms with Crippen LogP contribution in [0.4, 0.5) is 0 Å². The van der Waals surface area contributed by atoms with Gasteiger partial charge in [0.05, 0.1) is 5.60 Å². The normalized spacial score (nSPS) is 17.1. The van der Waals surface area contributed by atoms with Crippen molar-refractivity contribution in [2.75, 3.05) is 20.3 Å². The van der Waals surface area contributed by atoms with Gasteiger partial charge in [0.2, 0.25) is 0 Å². The zero-order valence-electron chi connectivity index (χ0n) is 9.26. The lowest BCUT2D eigenvalue weighted by molar-refractivity contribution is 0.0000515. The molecule has 0 radical (unpaired) electrons. The lowest BCUT2D eigenvalue weighted by Gasteiger charge is -2.30. The average molecular weight is 189 g/mol. The van der Waals surface area contributed by atoms with Crippen molar-refractivity contribution in [3.8, 4) is 0 Å². The molecule has 0 bridgehead atoms. The minimum absolute atomic E-state index is 0.119. The van der Waals surface area contributed by atoms with Gasteiger partial charge in [-0.25, -0.2) is 0 Å². The van der Waals surface area contributed by atoms with E-state index in [0.717, 1.165) is 12.8 Å². The van der Waals surface area contributed by atoms with Crippen LogP contribution in [-0.4, -0.2) is 31.0 Å². The maximum atomic E-state index is 9.13. The Morgan fingerprint density at radius 1 is 1.23 bits per heavy atom. The van der Waals surface area contributed by atoms with Crippen molar-refractivity contribution in [2.24, 2.45) is 11.1 Å². The number of ether oxygens (including phenoxy) is 1. The van der Waals surface area contributed by atoms with Crippen LogP contribution < -0.4 is 5.73 Å². The highest BCUT2D eigenvalue weighted by Crippen LogP contribution is 2.26. The first-order chi connectivity index (χ1) is 5.89. The molecular weight excluding hydrogens is 166 g/mol. The number of aliphatic hydroxyl groups excluding tert-OH is 1. The third-order valence-electron chi connectivity index (χ3n) is 2.76. The van der Waals surface area contributed by atoms with Gasteiger partial charge in [0, 0.05) is 19.1 Å². The van der Waals surface area contributed by atoms with Crippen molar-refractivity contribution >= 4 is 0 Å². The van der Waals surface area contributed by atoms with Gasteiger partial charge < -0.3 is 15.6 Å². The van der Waals surface area contributed by atoms with Crippen LogP contribution in [0.3, 0.4) is 0 Å². The van der Waals surface area contributed by atoms with Crippen LogP contribution in [0.1, 0.15) is 33.6 Å². The second kappa shape index (κ2) is 4.94. The highest BCUT2D eigenvalue weighted by molar-refractivity contribution is 4.79. The Hall–Kier alpha value is -0.120. The second-order valence-corrected chi connectivity index (χ2v) is 4.64. The number of hydrogen-bond donors (Lipinski definition) is 2. The van der Waals surface area contributed by atoms with Gasteiger partial charge in [-0.2, -0.15) is 0 Å². The van der Waals surface area contributed by atoms with E-state index in [4.69, 9.17) is 15.6 Å². The van der Waals surface area contributed by atoms with Crippen LogP contribution >= 0.6 is 0 Å². The SMILES string of the molecule is COC(C)(C)CCC(C)(CN)CO. The van der Waals surface area contributed by atoms with Gasteiger partial charge >= 0.3 is 0 Å². The van der Waals surface area contributed by atoms with E-state index in [0.29, 0.717) is 6.54 Å². The Bertz CT molecular complexity index is 142. The molecule has 0 amide bonds. The average Bonchev–Trinajstić information content (AvgIpc) is 2.14. The van der Waals surface area contributed by atoms with Crippen LogP contribution in [0.5, 0.6) is 0 Å². The third-order valence-corrected chi connectivity index (χ3v) is 2.76. The first-order valence-corrected chi connectivity index (χ1v) is 4.75. The molecule has 3 N–H and O–H groups in total. The zero-order chi connectivity index (χ0) is 10.5. The summed E-state index contributed by atoms with van der Waals surface area (Å²) < 4.78 is 5.30. The Balaban J connectivity index is 3.99. The van der Waals surface area contributed by atoms with Gasteiger partial charge in [-0.1, -0.05) is 6.92 Å². The highest BCUT2D eigenvalue weighted by Gasteiger charge is 2.26. The number of hydrogen-bond acceptors (Lipinski definition) is 3. The fourth-order valence-corrected chi connectivity index (χ4v) is 0.951. The molecule has 3 heteroatoms. The van der Waals surface area contributed by atoms with E-state index >= 15 is 0 Å². The molecule has 0 aromatic rings. The molecule has 0 aromatic carbocycles. The van der Waals surface area contributed by atoms with Crippen molar-refractivity contribution in [3.05, 3.63) is 0 Å². The first-order valence-electron chi connectivity index (χ1n) is 4.75. The number of aliphatic hydroxyl groups is 1. The molecule has 80 valence electrons. The fraction of sp³-hybridized carbons (Fsp3) is 1.00. The first kappa shape index (κ1) is 12.9. The summed E-state index contributed by atoms with van der Waals surface area (Å²) >= 11 is 0. The smallest absolute Gasteiger partial charge is 0.0623 e. The number of nitrogens with two attached hydrogens (primary N) is 1. The topological polar surface area (TPSA) is 55.5 Å². The standard InChI is InChI=1S/C10H23NO2/c1-9(2,13-4)5-6-10(3,7-11)8-12/h12H,5-8,11H2,1-4H3. The van der Waals surface area contributed by atoms with Crippen molar-refractivity contribution in [1.82, 2.24) is 0 Å². The Kier molecular flexibility index (Phi) is 4.89. The van der Waals surface area contributed by atoms with Gasteiger partial charge in [-0.15, -0.1) is 0 Å². The van der Waals surface area contributed by atoms with Crippen LogP contribution in [0, 0.1) is 5.41 Å². The Morgan fingerprint density at radius 2 is 1.77 bits per heavy atom. The van der Waals surface area contributed by atoms with E-state index < -0.39 is 0 Å². The predicted molar refractivity (Wildman–Crippen MR) is 54.6 cm³/mol. The molecule has 0 aromatic heterocycles. The molecule has 0 aliphatic heterocycles. The van der Waals surface area contributed by atoms with Gasteiger partial charge in [-0.3, -0.25) is 0 Å². The minimum atomic E-state index is -0.157. The maximum Gasteiger partial charge on any atom is 0.0623 e. The third kappa shape index (κ3) is 4.60. The molecule has 0 spiro atoms. The van der Waals surface area contributed by atoms with Crippen molar-refractivity contribution in [3.63, 3.8) is 0 Å². The zero-order valence-corrected chi connectivity index (χ0v) is 9.26. The molecule has 1 unspecified atom stereocenters. The van der Waals surface area contributed by atoms with Crippen LogP contribution in [0.15, 0.2) is 0 Å². The van der Waals surface area contributed by atoms with Crippen LogP contribution in [0.2, 0.25) is 0 Å². The van der Waals surface area contributed by atoms with Crippen LogP contribution in [0.25, 0.3) is 0 Å². The van der Waals surface area contributed by atoms with E-state index in [-0.39, 0.29) is 17.6 Å². The van der Waals surface area contributed by atoms with E-state index in [1.807, 2.05) is 20.8 Å². The van der Waals surface area contributed by atoms with Crippen LogP contribution in [-0.2, 0) is 4.74 Å². The molecule has 3 nitrogen and oxygen atoms in total. The monoisotopic (exact) mass is 189 g/mol. The summed E-state index contributed by atoms with van der Waals surface area (Å²) in [4.78, 5) is 0. The van der Waals surface area contributed by atoms with E-state index in [1.54, 1.807) is 7.11 Å². The van der Waals surface area contributed by atoms with Crippen molar-refractivity contribution < 1.29 is 9.84 Å².